The molecule has 0 heterocycles. The van der Waals surface area contributed by atoms with Gasteiger partial charge in [-0.2, -0.15) is 0 Å². The van der Waals surface area contributed by atoms with Gasteiger partial charge in [-0.1, -0.05) is 67.6 Å². The summed E-state index contributed by atoms with van der Waals surface area (Å²) in [5.41, 5.74) is 8.86. The van der Waals surface area contributed by atoms with Gasteiger partial charge in [0.15, 0.2) is 0 Å². The van der Waals surface area contributed by atoms with Crippen LogP contribution in [0.25, 0.3) is 11.1 Å². The molecule has 2 aliphatic rings. The maximum Gasteiger partial charge on any atom is 0.00324 e. The molecule has 24 heavy (non-hydrogen) atoms. The second-order valence-electron chi connectivity index (χ2n) is 7.66. The van der Waals surface area contributed by atoms with E-state index in [4.69, 9.17) is 0 Å². The summed E-state index contributed by atoms with van der Waals surface area (Å²) in [6.45, 7) is 6.93. The molecule has 0 amide bonds. The van der Waals surface area contributed by atoms with Gasteiger partial charge in [-0.25, -0.2) is 0 Å². The van der Waals surface area contributed by atoms with Crippen molar-refractivity contribution in [2.45, 2.75) is 45.4 Å². The molecule has 122 valence electrons. The van der Waals surface area contributed by atoms with Gasteiger partial charge >= 0.3 is 0 Å². The number of fused-ring (bicyclic) bond motifs is 2. The molecule has 2 aromatic carbocycles. The average Bonchev–Trinajstić information content (AvgIpc) is 3.07. The first-order chi connectivity index (χ1) is 11.6. The van der Waals surface area contributed by atoms with Crippen LogP contribution in [0.15, 0.2) is 60.7 Å². The zero-order valence-electron chi connectivity index (χ0n) is 14.9. The van der Waals surface area contributed by atoms with Crippen molar-refractivity contribution in [2.75, 3.05) is 0 Å². The lowest BCUT2D eigenvalue weighted by molar-refractivity contribution is 0.454. The van der Waals surface area contributed by atoms with E-state index < -0.39 is 0 Å². The van der Waals surface area contributed by atoms with Crippen molar-refractivity contribution >= 4 is 11.1 Å². The van der Waals surface area contributed by atoms with Gasteiger partial charge in [-0.15, -0.1) is 0 Å². The highest BCUT2D eigenvalue weighted by Gasteiger charge is 2.26. The van der Waals surface area contributed by atoms with Crippen molar-refractivity contribution < 1.29 is 0 Å². The van der Waals surface area contributed by atoms with Crippen LogP contribution in [-0.2, 0) is 0 Å². The zero-order valence-corrected chi connectivity index (χ0v) is 14.9. The summed E-state index contributed by atoms with van der Waals surface area (Å²) in [6, 6.07) is 17.8. The Bertz CT molecular complexity index is 752. The van der Waals surface area contributed by atoms with Crippen molar-refractivity contribution in [2.24, 2.45) is 5.92 Å². The molecule has 2 aliphatic carbocycles. The highest BCUT2D eigenvalue weighted by Crippen LogP contribution is 2.43. The van der Waals surface area contributed by atoms with Gasteiger partial charge in [-0.3, -0.25) is 0 Å². The Kier molecular flexibility index (Phi) is 3.92. The lowest BCUT2D eigenvalue weighted by atomic mass is 9.84. The minimum Gasteiger partial charge on any atom is -0.0734 e. The third-order valence-corrected chi connectivity index (χ3v) is 5.79. The largest absolute Gasteiger partial charge is 0.0734 e. The van der Waals surface area contributed by atoms with E-state index in [2.05, 4.69) is 81.5 Å². The number of allylic oxidation sites excluding steroid dienone is 4. The monoisotopic (exact) mass is 314 g/mol. The predicted octanol–water partition coefficient (Wildman–Crippen LogP) is 6.80. The first-order valence-electron chi connectivity index (χ1n) is 9.19. The number of hydrogen-bond donors (Lipinski definition) is 0. The first-order valence-corrected chi connectivity index (χ1v) is 9.19. The molecule has 0 nitrogen and oxygen atoms in total. The molecule has 4 rings (SSSR count). The van der Waals surface area contributed by atoms with Crippen LogP contribution in [0.5, 0.6) is 0 Å². The second-order valence-corrected chi connectivity index (χ2v) is 7.66. The van der Waals surface area contributed by atoms with Crippen LogP contribution in [0.3, 0.4) is 0 Å². The quantitative estimate of drug-likeness (QED) is 0.582. The summed E-state index contributed by atoms with van der Waals surface area (Å²) in [4.78, 5) is 0. The van der Waals surface area contributed by atoms with Gasteiger partial charge in [0.25, 0.3) is 0 Å². The van der Waals surface area contributed by atoms with Crippen LogP contribution in [0, 0.1) is 5.92 Å². The molecule has 2 atom stereocenters. The molecule has 0 saturated carbocycles. The van der Waals surface area contributed by atoms with E-state index >= 15 is 0 Å². The fourth-order valence-corrected chi connectivity index (χ4v) is 4.67. The molecular formula is C24H26. The van der Waals surface area contributed by atoms with Crippen molar-refractivity contribution in [1.29, 1.82) is 0 Å². The standard InChI is InChI=1S/C24H26/c1-16(12-19-14-17(2)21-8-4-6-10-23(19)21)13-20-15-18(3)22-9-5-7-11-24(20)22/h4-11,14-16,19-20H,12-13H2,1-3H3. The van der Waals surface area contributed by atoms with Crippen molar-refractivity contribution in [3.8, 4) is 0 Å². The fraction of sp³-hybridized carbons (Fsp3) is 0.333. The van der Waals surface area contributed by atoms with E-state index in [1.165, 1.54) is 46.2 Å². The molecule has 0 saturated heterocycles. The lowest BCUT2D eigenvalue weighted by Gasteiger charge is -2.20. The Hall–Kier alpha value is -2.08. The summed E-state index contributed by atoms with van der Waals surface area (Å²) >= 11 is 0. The number of benzene rings is 2. The van der Waals surface area contributed by atoms with Crippen LogP contribution in [0.1, 0.15) is 67.7 Å². The molecular weight excluding hydrogens is 288 g/mol. The van der Waals surface area contributed by atoms with E-state index in [1.807, 2.05) is 0 Å². The third kappa shape index (κ3) is 2.65. The Morgan fingerprint density at radius 1 is 0.708 bits per heavy atom. The Labute approximate surface area is 145 Å². The molecule has 0 fully saturated rings. The van der Waals surface area contributed by atoms with E-state index in [1.54, 1.807) is 0 Å². The molecule has 0 spiro atoms. The van der Waals surface area contributed by atoms with Crippen molar-refractivity contribution in [3.05, 3.63) is 82.9 Å². The minimum absolute atomic E-state index is 0.595. The van der Waals surface area contributed by atoms with Crippen molar-refractivity contribution in [1.82, 2.24) is 0 Å². The zero-order chi connectivity index (χ0) is 16.7. The predicted molar refractivity (Wildman–Crippen MR) is 104 cm³/mol. The molecule has 0 heteroatoms. The van der Waals surface area contributed by atoms with Gasteiger partial charge in [0.2, 0.25) is 0 Å². The van der Waals surface area contributed by atoms with Gasteiger partial charge in [-0.05, 0) is 66.0 Å². The maximum atomic E-state index is 2.48. The molecule has 0 aromatic heterocycles. The minimum atomic E-state index is 0.595. The molecule has 0 radical (unpaired) electrons. The first kappa shape index (κ1) is 15.4. The van der Waals surface area contributed by atoms with E-state index in [-0.39, 0.29) is 0 Å². The third-order valence-electron chi connectivity index (χ3n) is 5.79. The molecule has 0 aliphatic heterocycles. The van der Waals surface area contributed by atoms with Crippen LogP contribution in [0.2, 0.25) is 0 Å². The number of hydrogen-bond acceptors (Lipinski definition) is 0. The van der Waals surface area contributed by atoms with Crippen LogP contribution in [-0.4, -0.2) is 0 Å². The van der Waals surface area contributed by atoms with Gasteiger partial charge in [0, 0.05) is 11.8 Å². The lowest BCUT2D eigenvalue weighted by Crippen LogP contribution is -2.06. The van der Waals surface area contributed by atoms with Crippen LogP contribution < -0.4 is 0 Å². The summed E-state index contributed by atoms with van der Waals surface area (Å²) in [6.07, 6.45) is 7.45. The van der Waals surface area contributed by atoms with E-state index in [0.717, 1.165) is 0 Å². The Balaban J connectivity index is 1.48. The molecule has 0 N–H and O–H groups in total. The second kappa shape index (κ2) is 6.09. The highest BCUT2D eigenvalue weighted by molar-refractivity contribution is 5.74. The van der Waals surface area contributed by atoms with Crippen LogP contribution >= 0.6 is 0 Å². The van der Waals surface area contributed by atoms with Gasteiger partial charge < -0.3 is 0 Å². The average molecular weight is 314 g/mol. The Morgan fingerprint density at radius 2 is 1.12 bits per heavy atom. The summed E-state index contributed by atoms with van der Waals surface area (Å²) in [7, 11) is 0. The normalized spacial score (nSPS) is 22.6. The SMILES string of the molecule is CC1=CC(CC(C)CC2C=C(C)c3ccccc32)c2ccccc21. The van der Waals surface area contributed by atoms with Gasteiger partial charge in [0.05, 0.1) is 0 Å². The van der Waals surface area contributed by atoms with E-state index in [9.17, 15) is 0 Å². The van der Waals surface area contributed by atoms with Crippen molar-refractivity contribution in [3.63, 3.8) is 0 Å². The highest BCUT2D eigenvalue weighted by atomic mass is 14.3. The molecule has 0 bridgehead atoms. The Morgan fingerprint density at radius 3 is 1.58 bits per heavy atom. The van der Waals surface area contributed by atoms with Gasteiger partial charge in [0.1, 0.15) is 0 Å². The van der Waals surface area contributed by atoms with E-state index in [0.29, 0.717) is 17.8 Å². The topological polar surface area (TPSA) is 0 Å². The maximum absolute atomic E-state index is 2.48. The summed E-state index contributed by atoms with van der Waals surface area (Å²) in [5.74, 6) is 1.90. The summed E-state index contributed by atoms with van der Waals surface area (Å²) < 4.78 is 0. The van der Waals surface area contributed by atoms with Crippen LogP contribution in [0.4, 0.5) is 0 Å². The smallest absolute Gasteiger partial charge is 0.00324 e. The summed E-state index contributed by atoms with van der Waals surface area (Å²) in [5, 5.41) is 0. The fourth-order valence-electron chi connectivity index (χ4n) is 4.67. The number of rotatable bonds is 4. The molecule has 2 unspecified atom stereocenters. The molecule has 2 aromatic rings.